The van der Waals surface area contributed by atoms with Crippen LogP contribution in [-0.4, -0.2) is 16.0 Å². The predicted molar refractivity (Wildman–Crippen MR) is 7.19 cm³/mol. The Hall–Kier alpha value is 2.00. The van der Waals surface area contributed by atoms with Crippen LogP contribution in [0.1, 0.15) is 0 Å². The first-order valence-corrected chi connectivity index (χ1v) is 0.200. The summed E-state index contributed by atoms with van der Waals surface area (Å²) in [5.74, 6) is 0. The summed E-state index contributed by atoms with van der Waals surface area (Å²) in [5.41, 5.74) is 0. The first kappa shape index (κ1) is 43.6. The molecule has 0 saturated carbocycles. The van der Waals surface area contributed by atoms with Crippen molar-refractivity contribution in [3.8, 4) is 0 Å². The van der Waals surface area contributed by atoms with Crippen molar-refractivity contribution in [3.63, 3.8) is 0 Å². The second kappa shape index (κ2) is 63.1. The minimum atomic E-state index is 0. The van der Waals surface area contributed by atoms with Crippen LogP contribution in [-0.2, 0) is 36.0 Å². The molecule has 0 amide bonds. The van der Waals surface area contributed by atoms with E-state index in [-0.39, 0.29) is 71.0 Å². The van der Waals surface area contributed by atoms with Crippen LogP contribution in [0.2, 0.25) is 0 Å². The summed E-state index contributed by atoms with van der Waals surface area (Å²) in [5, 5.41) is 12.0. The van der Waals surface area contributed by atoms with E-state index in [2.05, 4.69) is 0 Å². The van der Waals surface area contributed by atoms with E-state index in [9.17, 15) is 0 Å². The molecule has 6 heavy (non-hydrogen) atoms. The van der Waals surface area contributed by atoms with Gasteiger partial charge in [0.1, 0.15) is 0 Å². The Morgan fingerprint density at radius 3 is 1.00 bits per heavy atom. The second-order valence-electron chi connectivity index (χ2n) is 0. The third-order valence-electron chi connectivity index (χ3n) is 0. The van der Waals surface area contributed by atoms with Gasteiger partial charge in [-0.3, -0.25) is 10.5 Å². The standard InChI is InChI=1S/Na.Ni.H2O2.H2O.Zn/c;;1-2;;/h;;1-2H;1H2;/q+1;;;;/p-1. The van der Waals surface area contributed by atoms with E-state index >= 15 is 0 Å². The summed E-state index contributed by atoms with van der Waals surface area (Å²) in [6, 6.07) is 0. The smallest absolute Gasteiger partial charge is 0.870 e. The largest absolute Gasteiger partial charge is 1.00 e. The summed E-state index contributed by atoms with van der Waals surface area (Å²) in [6.45, 7) is 0. The molecule has 0 saturated heterocycles. The van der Waals surface area contributed by atoms with Crippen molar-refractivity contribution in [2.75, 3.05) is 0 Å². The van der Waals surface area contributed by atoms with Gasteiger partial charge in [0.05, 0.1) is 0 Å². The molecule has 0 atom stereocenters. The molecule has 0 aromatic rings. The fourth-order valence-electron chi connectivity index (χ4n) is 0. The Labute approximate surface area is 80.7 Å². The van der Waals surface area contributed by atoms with E-state index in [0.717, 1.165) is 0 Å². The van der Waals surface area contributed by atoms with E-state index in [0.29, 0.717) is 0 Å². The minimum absolute atomic E-state index is 0. The van der Waals surface area contributed by atoms with Gasteiger partial charge in [-0.15, -0.1) is 0 Å². The fraction of sp³-hybridized carbons (Fsp3) is 0. The molecule has 0 aromatic carbocycles. The third-order valence-corrected chi connectivity index (χ3v) is 0. The van der Waals surface area contributed by atoms with Gasteiger partial charge in [-0.25, -0.2) is 0 Å². The zero-order valence-corrected chi connectivity index (χ0v) is 9.32. The Morgan fingerprint density at radius 2 is 1.00 bits per heavy atom. The number of rotatable bonds is 0. The quantitative estimate of drug-likeness (QED) is 0.245. The van der Waals surface area contributed by atoms with Crippen molar-refractivity contribution in [2.45, 2.75) is 0 Å². The molecule has 0 aliphatic carbocycles. The normalized spacial score (nSPS) is 1.00. The van der Waals surface area contributed by atoms with Gasteiger partial charge in [-0.1, -0.05) is 0 Å². The van der Waals surface area contributed by atoms with Crippen LogP contribution in [0.4, 0.5) is 0 Å². The van der Waals surface area contributed by atoms with Crippen LogP contribution >= 0.6 is 0 Å². The molecule has 0 aromatic heterocycles. The SMILES string of the molecule is OO.[Na+].[Ni].[OH-].[Zn]. The Kier molecular flexibility index (Phi) is 458. The van der Waals surface area contributed by atoms with Crippen LogP contribution in [0.3, 0.4) is 0 Å². The molecule has 0 aliphatic heterocycles. The van der Waals surface area contributed by atoms with Crippen molar-refractivity contribution in [1.82, 2.24) is 0 Å². The summed E-state index contributed by atoms with van der Waals surface area (Å²) in [6.07, 6.45) is 0. The van der Waals surface area contributed by atoms with Gasteiger partial charge in [0, 0.05) is 36.0 Å². The van der Waals surface area contributed by atoms with E-state index in [4.69, 9.17) is 10.5 Å². The maximum absolute atomic E-state index is 6.00. The van der Waals surface area contributed by atoms with Crippen molar-refractivity contribution >= 4 is 0 Å². The maximum Gasteiger partial charge on any atom is 1.00 e. The second-order valence-corrected chi connectivity index (χ2v) is 0. The topological polar surface area (TPSA) is 70.5 Å². The zero-order chi connectivity index (χ0) is 2.00. The Bertz CT molecular complexity index is 10.8. The predicted octanol–water partition coefficient (Wildman–Crippen LogP) is -3.16. The molecule has 34 valence electrons. The summed E-state index contributed by atoms with van der Waals surface area (Å²) in [7, 11) is 0. The molecule has 0 spiro atoms. The first-order chi connectivity index (χ1) is 1.00. The molecule has 0 rings (SSSR count). The molecule has 0 fully saturated rings. The van der Waals surface area contributed by atoms with Crippen LogP contribution < -0.4 is 29.6 Å². The van der Waals surface area contributed by atoms with E-state index in [1.54, 1.807) is 0 Å². The van der Waals surface area contributed by atoms with Crippen LogP contribution in [0.25, 0.3) is 0 Å². The Morgan fingerprint density at radius 1 is 1.00 bits per heavy atom. The van der Waals surface area contributed by atoms with Gasteiger partial charge in [-0.05, 0) is 0 Å². The van der Waals surface area contributed by atoms with Crippen LogP contribution in [0, 0.1) is 0 Å². The van der Waals surface area contributed by atoms with Gasteiger partial charge in [0.25, 0.3) is 0 Å². The molecule has 3 N–H and O–H groups in total. The molecule has 0 aliphatic rings. The van der Waals surface area contributed by atoms with E-state index < -0.39 is 0 Å². The van der Waals surface area contributed by atoms with Crippen LogP contribution in [0.5, 0.6) is 0 Å². The summed E-state index contributed by atoms with van der Waals surface area (Å²) in [4.78, 5) is 0. The van der Waals surface area contributed by atoms with Gasteiger partial charge in [0.2, 0.25) is 0 Å². The summed E-state index contributed by atoms with van der Waals surface area (Å²) < 4.78 is 0. The maximum atomic E-state index is 6.00. The number of hydrogen-bond donors (Lipinski definition) is 2. The van der Waals surface area contributed by atoms with E-state index in [1.807, 2.05) is 0 Å². The average molecular weight is 198 g/mol. The molecule has 3 nitrogen and oxygen atoms in total. The minimum Gasteiger partial charge on any atom is -0.870 e. The zero-order valence-electron chi connectivity index (χ0n) is 3.36. The van der Waals surface area contributed by atoms with Crippen molar-refractivity contribution in [1.29, 1.82) is 0 Å². The number of hydrogen-bond acceptors (Lipinski definition) is 3. The average Bonchev–Trinajstić information content (AvgIpc) is 1.00. The molecule has 0 radical (unpaired) electrons. The van der Waals surface area contributed by atoms with Gasteiger partial charge in [0.15, 0.2) is 0 Å². The first-order valence-electron chi connectivity index (χ1n) is 0.200. The molecular formula is H3NaNiO3Zn. The van der Waals surface area contributed by atoms with Gasteiger partial charge < -0.3 is 5.48 Å². The van der Waals surface area contributed by atoms with Crippen molar-refractivity contribution in [2.24, 2.45) is 0 Å². The van der Waals surface area contributed by atoms with Crippen molar-refractivity contribution < 1.29 is 81.5 Å². The molecule has 0 unspecified atom stereocenters. The van der Waals surface area contributed by atoms with E-state index in [1.165, 1.54) is 0 Å². The molecule has 0 heterocycles. The molecular weight excluding hydrogens is 195 g/mol. The monoisotopic (exact) mass is 196 g/mol. The van der Waals surface area contributed by atoms with Crippen LogP contribution in [0.15, 0.2) is 0 Å². The summed E-state index contributed by atoms with van der Waals surface area (Å²) >= 11 is 0. The molecule has 0 bridgehead atoms. The van der Waals surface area contributed by atoms with Gasteiger partial charge >= 0.3 is 29.6 Å². The molecule has 6 heteroatoms. The third kappa shape index (κ3) is 37.6. The van der Waals surface area contributed by atoms with Gasteiger partial charge in [-0.2, -0.15) is 0 Å². The Balaban J connectivity index is -0.000000000833. The fourth-order valence-corrected chi connectivity index (χ4v) is 0. The van der Waals surface area contributed by atoms with Crippen molar-refractivity contribution in [3.05, 3.63) is 0 Å².